The first kappa shape index (κ1) is 12.1. The van der Waals surface area contributed by atoms with Crippen molar-refractivity contribution in [2.24, 2.45) is 0 Å². The van der Waals surface area contributed by atoms with Crippen molar-refractivity contribution in [1.82, 2.24) is 4.98 Å². The smallest absolute Gasteiger partial charge is 0.408 e. The molecule has 1 aromatic heterocycles. The van der Waals surface area contributed by atoms with Gasteiger partial charge in [0.05, 0.1) is 23.0 Å². The van der Waals surface area contributed by atoms with Gasteiger partial charge >= 0.3 is 5.76 Å². The maximum absolute atomic E-state index is 11.1. The first-order valence-electron chi connectivity index (χ1n) is 6.44. The van der Waals surface area contributed by atoms with Gasteiger partial charge in [0.1, 0.15) is 0 Å². The third-order valence-corrected chi connectivity index (χ3v) is 3.50. The number of ether oxygens (including phenoxy) is 1. The number of rotatable bonds is 3. The molecule has 19 heavy (non-hydrogen) atoms. The highest BCUT2D eigenvalue weighted by Crippen LogP contribution is 2.27. The molecule has 1 aromatic carbocycles. The third-order valence-electron chi connectivity index (χ3n) is 3.50. The van der Waals surface area contributed by atoms with E-state index in [4.69, 9.17) is 14.9 Å². The van der Waals surface area contributed by atoms with Gasteiger partial charge in [-0.05, 0) is 25.8 Å². The fourth-order valence-corrected chi connectivity index (χ4v) is 2.47. The molecule has 6 nitrogen and oxygen atoms in total. The Morgan fingerprint density at radius 2 is 2.37 bits per heavy atom. The molecule has 2 unspecified atom stereocenters. The van der Waals surface area contributed by atoms with Gasteiger partial charge in [-0.3, -0.25) is 4.98 Å². The van der Waals surface area contributed by atoms with Crippen LogP contribution < -0.4 is 16.8 Å². The zero-order valence-electron chi connectivity index (χ0n) is 10.7. The molecule has 0 radical (unpaired) electrons. The van der Waals surface area contributed by atoms with Crippen LogP contribution in [0.4, 0.5) is 11.4 Å². The van der Waals surface area contributed by atoms with E-state index in [0.717, 1.165) is 25.1 Å². The second-order valence-corrected chi connectivity index (χ2v) is 4.93. The van der Waals surface area contributed by atoms with E-state index in [1.807, 2.05) is 0 Å². The van der Waals surface area contributed by atoms with Gasteiger partial charge in [0.2, 0.25) is 0 Å². The highest BCUT2D eigenvalue weighted by Gasteiger charge is 2.22. The largest absolute Gasteiger partial charge is 0.417 e. The van der Waals surface area contributed by atoms with Gasteiger partial charge in [-0.1, -0.05) is 0 Å². The summed E-state index contributed by atoms with van der Waals surface area (Å²) in [7, 11) is 0. The van der Waals surface area contributed by atoms with Crippen molar-refractivity contribution in [2.75, 3.05) is 17.7 Å². The highest BCUT2D eigenvalue weighted by atomic mass is 16.5. The van der Waals surface area contributed by atoms with Gasteiger partial charge in [-0.15, -0.1) is 0 Å². The van der Waals surface area contributed by atoms with Crippen molar-refractivity contribution >= 4 is 22.5 Å². The zero-order chi connectivity index (χ0) is 13.4. The molecule has 102 valence electrons. The topological polar surface area (TPSA) is 93.3 Å². The van der Waals surface area contributed by atoms with E-state index < -0.39 is 5.76 Å². The molecule has 3 rings (SSSR count). The minimum Gasteiger partial charge on any atom is -0.408 e. The van der Waals surface area contributed by atoms with Crippen LogP contribution in [0.3, 0.4) is 0 Å². The molecule has 1 aliphatic rings. The number of nitrogens with one attached hydrogen (secondary N) is 2. The number of hydrogen-bond acceptors (Lipinski definition) is 5. The Kier molecular flexibility index (Phi) is 2.94. The maximum Gasteiger partial charge on any atom is 0.417 e. The van der Waals surface area contributed by atoms with Crippen LogP contribution in [0.5, 0.6) is 0 Å². The molecule has 0 bridgehead atoms. The van der Waals surface area contributed by atoms with Crippen LogP contribution in [-0.2, 0) is 4.74 Å². The second kappa shape index (κ2) is 4.62. The molecule has 6 heteroatoms. The molecule has 1 fully saturated rings. The maximum atomic E-state index is 11.1. The Bertz CT molecular complexity index is 640. The van der Waals surface area contributed by atoms with Crippen LogP contribution in [0.2, 0.25) is 0 Å². The normalized spacial score (nSPS) is 20.8. The first-order chi connectivity index (χ1) is 9.13. The van der Waals surface area contributed by atoms with Crippen molar-refractivity contribution in [2.45, 2.75) is 31.9 Å². The molecule has 2 atom stereocenters. The number of benzene rings is 1. The number of hydrogen-bond donors (Lipinski definition) is 3. The van der Waals surface area contributed by atoms with Crippen LogP contribution in [-0.4, -0.2) is 23.7 Å². The van der Waals surface area contributed by atoms with Gasteiger partial charge in [-0.2, -0.15) is 0 Å². The Morgan fingerprint density at radius 1 is 1.53 bits per heavy atom. The lowest BCUT2D eigenvalue weighted by atomic mass is 10.1. The number of fused-ring (bicyclic) bond motifs is 1. The average molecular weight is 263 g/mol. The minimum absolute atomic E-state index is 0.167. The Hall–Kier alpha value is -1.95. The van der Waals surface area contributed by atoms with E-state index in [0.29, 0.717) is 16.8 Å². The van der Waals surface area contributed by atoms with Crippen LogP contribution in [0.15, 0.2) is 21.3 Å². The van der Waals surface area contributed by atoms with E-state index in [-0.39, 0.29) is 12.1 Å². The molecular formula is C13H17N3O3. The number of nitrogens with two attached hydrogens (primary N) is 1. The Balaban J connectivity index is 1.86. The molecule has 1 saturated heterocycles. The summed E-state index contributed by atoms with van der Waals surface area (Å²) in [6, 6.07) is 3.61. The van der Waals surface area contributed by atoms with Crippen molar-refractivity contribution in [3.63, 3.8) is 0 Å². The number of oxazole rings is 1. The SMILES string of the molecule is CC(Nc1cc2[nH]c(=O)oc2cc1N)C1CCCO1. The van der Waals surface area contributed by atoms with E-state index in [1.165, 1.54) is 0 Å². The molecule has 0 saturated carbocycles. The summed E-state index contributed by atoms with van der Waals surface area (Å²) >= 11 is 0. The van der Waals surface area contributed by atoms with Gasteiger partial charge < -0.3 is 20.2 Å². The predicted molar refractivity (Wildman–Crippen MR) is 73.3 cm³/mol. The van der Waals surface area contributed by atoms with Crippen molar-refractivity contribution in [3.05, 3.63) is 22.7 Å². The minimum atomic E-state index is -0.473. The van der Waals surface area contributed by atoms with Gasteiger partial charge in [0.15, 0.2) is 5.58 Å². The molecular weight excluding hydrogens is 246 g/mol. The van der Waals surface area contributed by atoms with E-state index in [1.54, 1.807) is 12.1 Å². The third kappa shape index (κ3) is 2.31. The molecule has 2 heterocycles. The van der Waals surface area contributed by atoms with Crippen LogP contribution >= 0.6 is 0 Å². The number of aromatic amines is 1. The second-order valence-electron chi connectivity index (χ2n) is 4.93. The molecule has 2 aromatic rings. The van der Waals surface area contributed by atoms with E-state index >= 15 is 0 Å². The standard InChI is InChI=1S/C13H17N3O3/c1-7(11-3-2-4-18-11)15-9-6-10-12(5-8(9)14)19-13(17)16-10/h5-7,11,15H,2-4,14H2,1H3,(H,16,17). The van der Waals surface area contributed by atoms with Gasteiger partial charge in [-0.25, -0.2) is 4.79 Å². The van der Waals surface area contributed by atoms with Crippen molar-refractivity contribution in [3.8, 4) is 0 Å². The average Bonchev–Trinajstić information content (AvgIpc) is 2.97. The summed E-state index contributed by atoms with van der Waals surface area (Å²) in [6.07, 6.45) is 2.36. The lowest BCUT2D eigenvalue weighted by Gasteiger charge is -2.22. The Morgan fingerprint density at radius 3 is 3.11 bits per heavy atom. The summed E-state index contributed by atoms with van der Waals surface area (Å²) in [5.41, 5.74) is 8.41. The first-order valence-corrected chi connectivity index (χ1v) is 6.44. The summed E-state index contributed by atoms with van der Waals surface area (Å²) < 4.78 is 10.6. The van der Waals surface area contributed by atoms with Crippen LogP contribution in [0, 0.1) is 0 Å². The fourth-order valence-electron chi connectivity index (χ4n) is 2.47. The number of anilines is 2. The van der Waals surface area contributed by atoms with Crippen molar-refractivity contribution < 1.29 is 9.15 Å². The monoisotopic (exact) mass is 263 g/mol. The Labute approximate surface area is 109 Å². The number of nitrogen functional groups attached to an aromatic ring is 1. The molecule has 0 spiro atoms. The van der Waals surface area contributed by atoms with E-state index in [2.05, 4.69) is 17.2 Å². The lowest BCUT2D eigenvalue weighted by molar-refractivity contribution is 0.0997. The number of aromatic nitrogens is 1. The van der Waals surface area contributed by atoms with Gasteiger partial charge in [0, 0.05) is 18.7 Å². The fraction of sp³-hybridized carbons (Fsp3) is 0.462. The van der Waals surface area contributed by atoms with Crippen LogP contribution in [0.25, 0.3) is 11.1 Å². The van der Waals surface area contributed by atoms with Crippen LogP contribution in [0.1, 0.15) is 19.8 Å². The predicted octanol–water partition coefficient (Wildman–Crippen LogP) is 1.68. The molecule has 4 N–H and O–H groups in total. The summed E-state index contributed by atoms with van der Waals surface area (Å²) in [6.45, 7) is 2.89. The van der Waals surface area contributed by atoms with Gasteiger partial charge in [0.25, 0.3) is 0 Å². The quantitative estimate of drug-likeness (QED) is 0.733. The van der Waals surface area contributed by atoms with E-state index in [9.17, 15) is 4.79 Å². The summed E-state index contributed by atoms with van der Waals surface area (Å²) in [5, 5.41) is 3.34. The summed E-state index contributed by atoms with van der Waals surface area (Å²) in [4.78, 5) is 13.8. The lowest BCUT2D eigenvalue weighted by Crippen LogP contribution is -2.30. The summed E-state index contributed by atoms with van der Waals surface area (Å²) in [5.74, 6) is -0.473. The number of H-pyrrole nitrogens is 1. The zero-order valence-corrected chi connectivity index (χ0v) is 10.7. The van der Waals surface area contributed by atoms with Crippen molar-refractivity contribution in [1.29, 1.82) is 0 Å². The molecule has 0 aliphatic carbocycles. The molecule has 0 amide bonds. The molecule has 1 aliphatic heterocycles. The highest BCUT2D eigenvalue weighted by molar-refractivity contribution is 5.85.